The van der Waals surface area contributed by atoms with Gasteiger partial charge in [0.25, 0.3) is 5.91 Å². The summed E-state index contributed by atoms with van der Waals surface area (Å²) in [5, 5.41) is 10.7. The fourth-order valence-corrected chi connectivity index (χ4v) is 4.18. The van der Waals surface area contributed by atoms with Gasteiger partial charge in [0.15, 0.2) is 0 Å². The molecule has 0 spiro atoms. The van der Waals surface area contributed by atoms with Crippen LogP contribution in [0.1, 0.15) is 23.0 Å². The van der Waals surface area contributed by atoms with Crippen molar-refractivity contribution >= 4 is 33.6 Å². The minimum atomic E-state index is -0.537. The monoisotopic (exact) mass is 398 g/mol. The largest absolute Gasteiger partial charge is 0.313 e. The van der Waals surface area contributed by atoms with Gasteiger partial charge in [0.05, 0.1) is 16.3 Å². The maximum Gasteiger partial charge on any atom is 0.259 e. The van der Waals surface area contributed by atoms with Gasteiger partial charge in [-0.15, -0.1) is 22.7 Å². The summed E-state index contributed by atoms with van der Waals surface area (Å²) in [6.45, 7) is 2.05. The van der Waals surface area contributed by atoms with Crippen molar-refractivity contribution in [2.45, 2.75) is 13.3 Å². The molecule has 0 aliphatic rings. The van der Waals surface area contributed by atoms with Crippen molar-refractivity contribution in [3.8, 4) is 15.6 Å². The first kappa shape index (κ1) is 17.6. The highest BCUT2D eigenvalue weighted by Crippen LogP contribution is 2.34. The third kappa shape index (κ3) is 3.54. The SMILES string of the molecule is CCc1nn(-c2nccs2)cc1-c1ccc(NC(=O)c2ccccc2F)s1. The van der Waals surface area contributed by atoms with Crippen LogP contribution in [0.4, 0.5) is 9.39 Å². The van der Waals surface area contributed by atoms with Crippen molar-refractivity contribution in [2.75, 3.05) is 5.32 Å². The summed E-state index contributed by atoms with van der Waals surface area (Å²) >= 11 is 2.95. The zero-order chi connectivity index (χ0) is 18.8. The molecule has 136 valence electrons. The molecule has 0 bridgehead atoms. The molecule has 1 aromatic carbocycles. The lowest BCUT2D eigenvalue weighted by Crippen LogP contribution is -2.12. The van der Waals surface area contributed by atoms with E-state index >= 15 is 0 Å². The second-order valence-corrected chi connectivity index (χ2v) is 7.66. The van der Waals surface area contributed by atoms with E-state index in [0.717, 1.165) is 27.7 Å². The number of halogens is 1. The number of benzene rings is 1. The first-order chi connectivity index (χ1) is 13.2. The molecule has 1 N–H and O–H groups in total. The highest BCUT2D eigenvalue weighted by Gasteiger charge is 2.16. The van der Waals surface area contributed by atoms with Crippen LogP contribution in [0.5, 0.6) is 0 Å². The maximum absolute atomic E-state index is 13.8. The Morgan fingerprint density at radius 1 is 1.26 bits per heavy atom. The third-order valence-corrected chi connectivity index (χ3v) is 5.76. The molecule has 8 heteroatoms. The van der Waals surface area contributed by atoms with Crippen molar-refractivity contribution in [3.05, 3.63) is 71.2 Å². The molecule has 0 radical (unpaired) electrons. The molecule has 0 saturated carbocycles. The quantitative estimate of drug-likeness (QED) is 0.514. The molecule has 0 fully saturated rings. The molecule has 0 aliphatic heterocycles. The minimum Gasteiger partial charge on any atom is -0.313 e. The van der Waals surface area contributed by atoms with Crippen LogP contribution in [0, 0.1) is 5.82 Å². The number of hydrogen-bond acceptors (Lipinski definition) is 5. The number of carbonyl (C=O) groups is 1. The molecule has 3 heterocycles. The Bertz CT molecular complexity index is 1090. The zero-order valence-electron chi connectivity index (χ0n) is 14.3. The summed E-state index contributed by atoms with van der Waals surface area (Å²) in [6, 6.07) is 9.69. The van der Waals surface area contributed by atoms with E-state index in [1.165, 1.54) is 34.8 Å². The summed E-state index contributed by atoms with van der Waals surface area (Å²) in [6.07, 6.45) is 4.48. The molecule has 0 aliphatic carbocycles. The van der Waals surface area contributed by atoms with E-state index in [9.17, 15) is 9.18 Å². The van der Waals surface area contributed by atoms with E-state index in [1.807, 2.05) is 30.6 Å². The van der Waals surface area contributed by atoms with E-state index < -0.39 is 11.7 Å². The third-order valence-electron chi connectivity index (χ3n) is 3.97. The average molecular weight is 398 g/mol. The predicted octanol–water partition coefficient (Wildman–Crippen LogP) is 5.01. The average Bonchev–Trinajstić information content (AvgIpc) is 3.41. The van der Waals surface area contributed by atoms with E-state index in [-0.39, 0.29) is 5.56 Å². The van der Waals surface area contributed by atoms with E-state index in [0.29, 0.717) is 5.00 Å². The van der Waals surface area contributed by atoms with Gasteiger partial charge in [-0.1, -0.05) is 19.1 Å². The molecule has 0 saturated heterocycles. The normalized spacial score (nSPS) is 10.9. The number of thiazole rings is 1. The Morgan fingerprint density at radius 2 is 2.11 bits per heavy atom. The van der Waals surface area contributed by atoms with Crippen LogP contribution in [0.3, 0.4) is 0 Å². The summed E-state index contributed by atoms with van der Waals surface area (Å²) in [7, 11) is 0. The molecule has 27 heavy (non-hydrogen) atoms. The molecule has 1 amide bonds. The number of anilines is 1. The molecular formula is C19H15FN4OS2. The summed E-state index contributed by atoms with van der Waals surface area (Å²) in [5.74, 6) is -1.000. The molecule has 4 aromatic rings. The number of hydrogen-bond donors (Lipinski definition) is 1. The Kier molecular flexibility index (Phi) is 4.83. The number of rotatable bonds is 5. The van der Waals surface area contributed by atoms with Gasteiger partial charge in [-0.3, -0.25) is 4.79 Å². The number of thiophene rings is 1. The zero-order valence-corrected chi connectivity index (χ0v) is 16.0. The van der Waals surface area contributed by atoms with Gasteiger partial charge >= 0.3 is 0 Å². The van der Waals surface area contributed by atoms with E-state index in [2.05, 4.69) is 15.4 Å². The lowest BCUT2D eigenvalue weighted by atomic mass is 10.2. The number of nitrogens with zero attached hydrogens (tertiary/aromatic N) is 3. The topological polar surface area (TPSA) is 59.8 Å². The second kappa shape index (κ2) is 7.42. The number of aryl methyl sites for hydroxylation is 1. The van der Waals surface area contributed by atoms with Crippen molar-refractivity contribution in [2.24, 2.45) is 0 Å². The standard InChI is InChI=1S/C19H15FN4OS2/c1-2-15-13(11-24(23-15)19-21-9-10-26-19)16-7-8-17(27-16)22-18(25)12-5-3-4-6-14(12)20/h3-11H,2H2,1H3,(H,22,25). The Morgan fingerprint density at radius 3 is 2.85 bits per heavy atom. The predicted molar refractivity (Wildman–Crippen MR) is 106 cm³/mol. The fraction of sp³-hybridized carbons (Fsp3) is 0.105. The molecule has 0 unspecified atom stereocenters. The molecule has 5 nitrogen and oxygen atoms in total. The van der Waals surface area contributed by atoms with Crippen LogP contribution >= 0.6 is 22.7 Å². The fourth-order valence-electron chi connectivity index (χ4n) is 2.68. The van der Waals surface area contributed by atoms with Gasteiger partial charge in [-0.05, 0) is 30.7 Å². The Hall–Kier alpha value is -2.84. The maximum atomic E-state index is 13.8. The molecule has 0 atom stereocenters. The van der Waals surface area contributed by atoms with Crippen LogP contribution in [0.15, 0.2) is 54.2 Å². The van der Waals surface area contributed by atoms with Crippen molar-refractivity contribution in [1.82, 2.24) is 14.8 Å². The van der Waals surface area contributed by atoms with Gasteiger partial charge in [-0.25, -0.2) is 14.1 Å². The summed E-state index contributed by atoms with van der Waals surface area (Å²) in [4.78, 5) is 17.6. The minimum absolute atomic E-state index is 0.0262. The van der Waals surface area contributed by atoms with Gasteiger partial charge in [-0.2, -0.15) is 5.10 Å². The van der Waals surface area contributed by atoms with Crippen LogP contribution in [0.2, 0.25) is 0 Å². The van der Waals surface area contributed by atoms with Gasteiger partial charge in [0, 0.05) is 28.2 Å². The van der Waals surface area contributed by atoms with Gasteiger partial charge in [0.1, 0.15) is 5.82 Å². The lowest BCUT2D eigenvalue weighted by Gasteiger charge is -2.03. The number of aromatic nitrogens is 3. The smallest absolute Gasteiger partial charge is 0.259 e. The number of carbonyl (C=O) groups excluding carboxylic acids is 1. The van der Waals surface area contributed by atoms with Crippen LogP contribution in [-0.4, -0.2) is 20.7 Å². The number of amides is 1. The van der Waals surface area contributed by atoms with Crippen LogP contribution in [-0.2, 0) is 6.42 Å². The van der Waals surface area contributed by atoms with Crippen LogP contribution in [0.25, 0.3) is 15.6 Å². The van der Waals surface area contributed by atoms with Gasteiger partial charge in [0.2, 0.25) is 5.13 Å². The van der Waals surface area contributed by atoms with Gasteiger partial charge < -0.3 is 5.32 Å². The number of nitrogens with one attached hydrogen (secondary N) is 1. The highest BCUT2D eigenvalue weighted by atomic mass is 32.1. The molecule has 3 aromatic heterocycles. The van der Waals surface area contributed by atoms with Crippen molar-refractivity contribution in [3.63, 3.8) is 0 Å². The summed E-state index contributed by atoms with van der Waals surface area (Å²) in [5.41, 5.74) is 1.99. The van der Waals surface area contributed by atoms with Crippen molar-refractivity contribution < 1.29 is 9.18 Å². The first-order valence-corrected chi connectivity index (χ1v) is 10.00. The molecular weight excluding hydrogens is 383 g/mol. The highest BCUT2D eigenvalue weighted by molar-refractivity contribution is 7.19. The first-order valence-electron chi connectivity index (χ1n) is 8.30. The Balaban J connectivity index is 1.60. The second-order valence-electron chi connectivity index (χ2n) is 5.70. The van der Waals surface area contributed by atoms with E-state index in [4.69, 9.17) is 0 Å². The lowest BCUT2D eigenvalue weighted by molar-refractivity contribution is 0.102. The molecule has 4 rings (SSSR count). The summed E-state index contributed by atoms with van der Waals surface area (Å²) < 4.78 is 15.5. The van der Waals surface area contributed by atoms with Crippen molar-refractivity contribution in [1.29, 1.82) is 0 Å². The Labute approximate surface area is 163 Å². The van der Waals surface area contributed by atoms with E-state index in [1.54, 1.807) is 23.0 Å². The van der Waals surface area contributed by atoms with Crippen LogP contribution < -0.4 is 5.32 Å².